The molecule has 0 aromatic carbocycles. The summed E-state index contributed by atoms with van der Waals surface area (Å²) in [4.78, 5) is 51.3. The number of carboxylic acids is 3. The van der Waals surface area contributed by atoms with Gasteiger partial charge in [-0.25, -0.2) is 9.59 Å². The van der Waals surface area contributed by atoms with Crippen molar-refractivity contribution in [2.24, 2.45) is 50.2 Å². The lowest BCUT2D eigenvalue weighted by Crippen LogP contribution is -2.68. The first-order valence-electron chi connectivity index (χ1n) is 20.7. The van der Waals surface area contributed by atoms with Crippen LogP contribution < -0.4 is 0 Å². The lowest BCUT2D eigenvalue weighted by molar-refractivity contribution is -0.371. The number of carboxylic acid groups (broad SMARTS) is 3. The molecule has 326 valence electrons. The van der Waals surface area contributed by atoms with Crippen molar-refractivity contribution in [3.63, 3.8) is 0 Å². The topological polar surface area (TPSA) is 267 Å². The van der Waals surface area contributed by atoms with Crippen LogP contribution in [0.25, 0.3) is 0 Å². The summed E-state index contributed by atoms with van der Waals surface area (Å²) >= 11 is 0. The Balaban J connectivity index is 1.17. The van der Waals surface area contributed by atoms with E-state index >= 15 is 0 Å². The highest BCUT2D eigenvalue weighted by Crippen LogP contribution is 2.75. The second kappa shape index (κ2) is 14.3. The number of aliphatic carboxylic acids is 3. The monoisotopic (exact) mass is 822 g/mol. The van der Waals surface area contributed by atoms with Gasteiger partial charge < -0.3 is 59.8 Å². The number of aliphatic hydroxyl groups excluding tert-OH is 5. The van der Waals surface area contributed by atoms with Gasteiger partial charge in [-0.3, -0.25) is 9.59 Å². The first kappa shape index (κ1) is 43.5. The minimum absolute atomic E-state index is 0.0217. The Kier molecular flexibility index (Phi) is 10.7. The van der Waals surface area contributed by atoms with Gasteiger partial charge in [0.05, 0.1) is 11.5 Å². The quantitative estimate of drug-likeness (QED) is 0.171. The predicted molar refractivity (Wildman–Crippen MR) is 199 cm³/mol. The van der Waals surface area contributed by atoms with Gasteiger partial charge in [0.25, 0.3) is 0 Å². The van der Waals surface area contributed by atoms with Gasteiger partial charge in [0.2, 0.25) is 0 Å². The highest BCUT2D eigenvalue weighted by atomic mass is 16.8. The van der Waals surface area contributed by atoms with Crippen molar-refractivity contribution in [3.05, 3.63) is 11.6 Å². The van der Waals surface area contributed by atoms with Crippen LogP contribution in [0.3, 0.4) is 0 Å². The molecule has 0 spiro atoms. The fraction of sp³-hybridized carbons (Fsp3) is 0.857. The second-order valence-electron chi connectivity index (χ2n) is 20.6. The van der Waals surface area contributed by atoms with Crippen LogP contribution in [0.5, 0.6) is 0 Å². The van der Waals surface area contributed by atoms with Crippen molar-refractivity contribution < 1.29 is 79.0 Å². The van der Waals surface area contributed by atoms with E-state index in [-0.39, 0.29) is 34.4 Å². The van der Waals surface area contributed by atoms with Gasteiger partial charge in [-0.2, -0.15) is 0 Å². The molecule has 19 atom stereocenters. The second-order valence-corrected chi connectivity index (χ2v) is 20.6. The number of rotatable bonds is 7. The Labute approximate surface area is 337 Å². The number of allylic oxidation sites excluding steroid dienone is 2. The van der Waals surface area contributed by atoms with E-state index in [0.29, 0.717) is 25.7 Å². The molecular formula is C42H62O16. The number of hydrogen-bond donors (Lipinski definition) is 8. The Morgan fingerprint density at radius 3 is 1.88 bits per heavy atom. The molecule has 2 saturated heterocycles. The summed E-state index contributed by atoms with van der Waals surface area (Å²) in [5.41, 5.74) is -1.81. The van der Waals surface area contributed by atoms with Crippen LogP contribution in [0.1, 0.15) is 106 Å². The molecule has 0 aromatic heterocycles. The van der Waals surface area contributed by atoms with Crippen molar-refractivity contribution in [1.29, 1.82) is 0 Å². The van der Waals surface area contributed by atoms with E-state index in [1.54, 1.807) is 0 Å². The maximum atomic E-state index is 14.8. The van der Waals surface area contributed by atoms with Gasteiger partial charge in [-0.15, -0.1) is 0 Å². The van der Waals surface area contributed by atoms with E-state index in [1.165, 1.54) is 0 Å². The molecule has 5 aliphatic carbocycles. The summed E-state index contributed by atoms with van der Waals surface area (Å²) in [6, 6.07) is 0. The maximum absolute atomic E-state index is 14.8. The van der Waals surface area contributed by atoms with E-state index < -0.39 is 107 Å². The number of ketones is 1. The highest BCUT2D eigenvalue weighted by Gasteiger charge is 2.71. The molecule has 7 rings (SSSR count). The zero-order valence-electron chi connectivity index (χ0n) is 34.4. The van der Waals surface area contributed by atoms with Gasteiger partial charge in [0.1, 0.15) is 36.6 Å². The Hall–Kier alpha value is -2.54. The van der Waals surface area contributed by atoms with E-state index in [0.717, 1.165) is 37.7 Å². The number of ether oxygens (including phenoxy) is 4. The average Bonchev–Trinajstić information content (AvgIpc) is 3.13. The Morgan fingerprint density at radius 1 is 0.690 bits per heavy atom. The third kappa shape index (κ3) is 6.25. The van der Waals surface area contributed by atoms with Crippen molar-refractivity contribution in [3.8, 4) is 0 Å². The van der Waals surface area contributed by atoms with Crippen LogP contribution >= 0.6 is 0 Å². The molecule has 2 aliphatic heterocycles. The number of hydrogen-bond acceptors (Lipinski definition) is 13. The highest BCUT2D eigenvalue weighted by molar-refractivity contribution is 5.95. The van der Waals surface area contributed by atoms with Crippen LogP contribution in [0.4, 0.5) is 0 Å². The molecule has 3 unspecified atom stereocenters. The van der Waals surface area contributed by atoms with Gasteiger partial charge in [-0.1, -0.05) is 47.1 Å². The third-order valence-electron chi connectivity index (χ3n) is 17.2. The number of aliphatic hydroxyl groups is 5. The van der Waals surface area contributed by atoms with Crippen molar-refractivity contribution in [1.82, 2.24) is 0 Å². The molecule has 8 N–H and O–H groups in total. The van der Waals surface area contributed by atoms with Gasteiger partial charge in [0, 0.05) is 5.92 Å². The molecule has 2 heterocycles. The van der Waals surface area contributed by atoms with Crippen LogP contribution in [0.15, 0.2) is 11.6 Å². The average molecular weight is 823 g/mol. The summed E-state index contributed by atoms with van der Waals surface area (Å²) in [6.45, 7) is 14.8. The zero-order valence-corrected chi connectivity index (χ0v) is 34.4. The Morgan fingerprint density at radius 2 is 1.28 bits per heavy atom. The molecule has 16 heteroatoms. The molecule has 6 fully saturated rings. The van der Waals surface area contributed by atoms with Crippen molar-refractivity contribution in [2.75, 3.05) is 0 Å². The van der Waals surface area contributed by atoms with E-state index in [2.05, 4.69) is 27.7 Å². The fourth-order valence-electron chi connectivity index (χ4n) is 13.4. The summed E-state index contributed by atoms with van der Waals surface area (Å²) in [5, 5.41) is 83.0. The van der Waals surface area contributed by atoms with Crippen LogP contribution in [-0.4, -0.2) is 132 Å². The van der Waals surface area contributed by atoms with Crippen LogP contribution in [-0.2, 0) is 38.1 Å². The molecule has 0 amide bonds. The molecule has 0 radical (unpaired) electrons. The van der Waals surface area contributed by atoms with Gasteiger partial charge in [-0.05, 0) is 110 Å². The number of carbonyl (C=O) groups is 4. The van der Waals surface area contributed by atoms with Gasteiger partial charge in [0.15, 0.2) is 30.6 Å². The first-order valence-corrected chi connectivity index (χ1v) is 20.7. The lowest BCUT2D eigenvalue weighted by Gasteiger charge is -2.70. The standard InChI is InChI=1S/C42H62O16/c1-37(2)21-8-11-42(7)31(20(43)16-18-19-17-39(4,36(53)54)13-12-38(19,3)14-15-41(18,42)6)40(21,5)10-9-22(37)55-35-30(26(47)25(46)29(57-35)33(51)52)58-34-27(48)23(44)24(45)28(56-34)32(49)50/h16,19,21-31,34-35,44-48H,8-15,17H2,1-7H3,(H,49,50)(H,51,52)(H,53,54)/t19-,21?,22-,23-,24-,25-,26-,27+,28-,29-,30+,31?,34-,35+,38+,39-,40-,41?,42+/m0/s1. The predicted octanol–water partition coefficient (Wildman–Crippen LogP) is 2.25. The maximum Gasteiger partial charge on any atom is 0.335 e. The fourth-order valence-corrected chi connectivity index (χ4v) is 13.4. The molecule has 0 bridgehead atoms. The summed E-state index contributed by atoms with van der Waals surface area (Å²) in [5.74, 6) is -4.47. The zero-order chi connectivity index (χ0) is 42.9. The molecular weight excluding hydrogens is 760 g/mol. The van der Waals surface area contributed by atoms with E-state index in [4.69, 9.17) is 18.9 Å². The van der Waals surface area contributed by atoms with E-state index in [1.807, 2.05) is 26.8 Å². The minimum Gasteiger partial charge on any atom is -0.481 e. The SMILES string of the molecule is CC1(C)C2CC[C@]3(C)C(C(=O)C=C4[C@@H]5C[C@@](C)(C(=O)O)CC[C@]5(C)CCC43C)[C@@]2(C)CC[C@@H]1O[C@@H]1O[C@H](C(=O)O)[C@@H](O)[C@H](O)[C@H]1O[C@@H]1O[C@H](C(=O)O)[C@@H](O)[C@H](O)[C@H]1O. The van der Waals surface area contributed by atoms with Crippen molar-refractivity contribution >= 4 is 23.7 Å². The van der Waals surface area contributed by atoms with Gasteiger partial charge >= 0.3 is 17.9 Å². The Bertz CT molecular complexity index is 1730. The molecule has 4 saturated carbocycles. The summed E-state index contributed by atoms with van der Waals surface area (Å²) in [6.07, 6.45) is -12.2. The molecule has 0 aromatic rings. The van der Waals surface area contributed by atoms with Crippen molar-refractivity contribution in [2.45, 2.75) is 174 Å². The van der Waals surface area contributed by atoms with Crippen LogP contribution in [0, 0.1) is 50.2 Å². The first-order chi connectivity index (χ1) is 26.8. The normalized spacial score (nSPS) is 52.6. The minimum atomic E-state index is -2.05. The molecule has 7 aliphatic rings. The van der Waals surface area contributed by atoms with E-state index in [9.17, 15) is 60.0 Å². The largest absolute Gasteiger partial charge is 0.481 e. The smallest absolute Gasteiger partial charge is 0.335 e. The molecule has 58 heavy (non-hydrogen) atoms. The van der Waals surface area contributed by atoms with Crippen LogP contribution in [0.2, 0.25) is 0 Å². The summed E-state index contributed by atoms with van der Waals surface area (Å²) in [7, 11) is 0. The lowest BCUT2D eigenvalue weighted by atomic mass is 9.33. The number of carbonyl (C=O) groups excluding carboxylic acids is 1. The molecule has 16 nitrogen and oxygen atoms in total. The number of fused-ring (bicyclic) bond motifs is 7. The third-order valence-corrected chi connectivity index (χ3v) is 17.2. The summed E-state index contributed by atoms with van der Waals surface area (Å²) < 4.78 is 23.4.